The summed E-state index contributed by atoms with van der Waals surface area (Å²) in [5.74, 6) is 0.699. The molecule has 2 atom stereocenters. The van der Waals surface area contributed by atoms with Gasteiger partial charge in [0.15, 0.2) is 0 Å². The van der Waals surface area contributed by atoms with Crippen molar-refractivity contribution >= 4 is 40.6 Å². The van der Waals surface area contributed by atoms with Gasteiger partial charge in [0.2, 0.25) is 0 Å². The lowest BCUT2D eigenvalue weighted by Crippen LogP contribution is -2.62. The second kappa shape index (κ2) is 7.31. The third-order valence-electron chi connectivity index (χ3n) is 5.31. The van der Waals surface area contributed by atoms with Gasteiger partial charge in [-0.1, -0.05) is 23.4 Å². The van der Waals surface area contributed by atoms with Gasteiger partial charge in [-0.05, 0) is 75.2 Å². The molecule has 3 saturated heterocycles. The lowest BCUT2D eigenvalue weighted by molar-refractivity contribution is 0.0218. The molecule has 25 heavy (non-hydrogen) atoms. The van der Waals surface area contributed by atoms with Crippen molar-refractivity contribution in [3.8, 4) is 0 Å². The number of thiophene rings is 1. The number of amides is 1. The van der Waals surface area contributed by atoms with Crippen LogP contribution in [0, 0.1) is 5.92 Å². The highest BCUT2D eigenvalue weighted by atomic mass is 35.5. The predicted molar refractivity (Wildman–Crippen MR) is 105 cm³/mol. The number of hydrogen-bond acceptors (Lipinski definition) is 4. The Balaban J connectivity index is 1.41. The van der Waals surface area contributed by atoms with E-state index in [-0.39, 0.29) is 11.9 Å². The van der Waals surface area contributed by atoms with Crippen LogP contribution in [0.25, 0.3) is 0 Å². The van der Waals surface area contributed by atoms with Gasteiger partial charge in [0.05, 0.1) is 9.09 Å². The number of carbonyl (C=O) groups excluding carboxylic acids is 1. The van der Waals surface area contributed by atoms with E-state index in [1.165, 1.54) is 25.9 Å². The molecule has 1 amide bonds. The maximum Gasteiger partial charge on any atom is 0.261 e. The molecule has 2 aromatic rings. The maximum atomic E-state index is 12.7. The Kier molecular flexibility index (Phi) is 5.09. The first-order valence-corrected chi connectivity index (χ1v) is 10.7. The molecule has 132 valence electrons. The SMILES string of the molecule is C[C@H]1[C@H](NC(=O)c2ccc(Sc3ccc(Cl)cc3)s2)C2CCN1CC2. The molecule has 1 aromatic heterocycles. The van der Waals surface area contributed by atoms with Crippen molar-refractivity contribution in [2.24, 2.45) is 5.92 Å². The summed E-state index contributed by atoms with van der Waals surface area (Å²) in [5, 5.41) is 4.04. The molecule has 6 heteroatoms. The van der Waals surface area contributed by atoms with Crippen LogP contribution in [0.1, 0.15) is 29.4 Å². The molecular formula is C19H21ClN2OS2. The average molecular weight is 393 g/mol. The second-order valence-electron chi connectivity index (χ2n) is 6.79. The van der Waals surface area contributed by atoms with E-state index < -0.39 is 0 Å². The van der Waals surface area contributed by atoms with E-state index in [0.29, 0.717) is 12.0 Å². The molecule has 5 rings (SSSR count). The predicted octanol–water partition coefficient (Wildman–Crippen LogP) is 4.77. The first-order valence-electron chi connectivity index (χ1n) is 8.68. The zero-order valence-electron chi connectivity index (χ0n) is 14.1. The number of piperidine rings is 3. The fourth-order valence-electron chi connectivity index (χ4n) is 3.88. The molecule has 0 saturated carbocycles. The summed E-state index contributed by atoms with van der Waals surface area (Å²) >= 11 is 9.15. The van der Waals surface area contributed by atoms with Crippen molar-refractivity contribution in [1.82, 2.24) is 10.2 Å². The summed E-state index contributed by atoms with van der Waals surface area (Å²) in [5.41, 5.74) is 0. The lowest BCUT2D eigenvalue weighted by Gasteiger charge is -2.49. The summed E-state index contributed by atoms with van der Waals surface area (Å²) in [6.45, 7) is 4.60. The Morgan fingerprint density at radius 3 is 2.60 bits per heavy atom. The van der Waals surface area contributed by atoms with Crippen LogP contribution in [0.3, 0.4) is 0 Å². The standard InChI is InChI=1S/C19H21ClN2OS2/c1-12-18(13-8-10-22(12)11-9-13)21-19(23)16-6-7-17(25-16)24-15-4-2-14(20)3-5-15/h2-7,12-13,18H,8-11H2,1H3,(H,21,23)/t12-,18-/m0/s1. The van der Waals surface area contributed by atoms with E-state index in [1.807, 2.05) is 36.4 Å². The van der Waals surface area contributed by atoms with Crippen LogP contribution in [0.15, 0.2) is 45.5 Å². The van der Waals surface area contributed by atoms with Crippen molar-refractivity contribution in [2.75, 3.05) is 13.1 Å². The largest absolute Gasteiger partial charge is 0.347 e. The van der Waals surface area contributed by atoms with Crippen LogP contribution in [0.5, 0.6) is 0 Å². The van der Waals surface area contributed by atoms with Crippen molar-refractivity contribution in [3.05, 3.63) is 46.3 Å². The highest BCUT2D eigenvalue weighted by Gasteiger charge is 2.40. The smallest absolute Gasteiger partial charge is 0.261 e. The number of halogens is 1. The summed E-state index contributed by atoms with van der Waals surface area (Å²) in [6, 6.07) is 12.5. The number of benzene rings is 1. The van der Waals surface area contributed by atoms with Gasteiger partial charge >= 0.3 is 0 Å². The first kappa shape index (κ1) is 17.4. The molecule has 3 aliphatic rings. The molecule has 3 fully saturated rings. The fraction of sp³-hybridized carbons (Fsp3) is 0.421. The van der Waals surface area contributed by atoms with Crippen LogP contribution >= 0.6 is 34.7 Å². The summed E-state index contributed by atoms with van der Waals surface area (Å²) < 4.78 is 1.12. The fourth-order valence-corrected chi connectivity index (χ4v) is 6.02. The van der Waals surface area contributed by atoms with Gasteiger partial charge in [-0.15, -0.1) is 11.3 Å². The van der Waals surface area contributed by atoms with E-state index in [9.17, 15) is 4.79 Å². The normalized spacial score (nSPS) is 28.1. The molecule has 3 aliphatic heterocycles. The highest BCUT2D eigenvalue weighted by molar-refractivity contribution is 8.01. The van der Waals surface area contributed by atoms with Gasteiger partial charge in [0.25, 0.3) is 5.91 Å². The van der Waals surface area contributed by atoms with Crippen LogP contribution in [0.4, 0.5) is 0 Å². The molecular weight excluding hydrogens is 372 g/mol. The third-order valence-corrected chi connectivity index (χ3v) is 7.79. The van der Waals surface area contributed by atoms with Gasteiger partial charge in [0.1, 0.15) is 0 Å². The maximum absolute atomic E-state index is 12.7. The van der Waals surface area contributed by atoms with Crippen molar-refractivity contribution < 1.29 is 4.79 Å². The second-order valence-corrected chi connectivity index (χ2v) is 9.68. The van der Waals surface area contributed by atoms with Crippen molar-refractivity contribution in [3.63, 3.8) is 0 Å². The Bertz CT molecular complexity index is 751. The lowest BCUT2D eigenvalue weighted by atomic mass is 9.79. The number of nitrogens with one attached hydrogen (secondary N) is 1. The minimum absolute atomic E-state index is 0.0681. The van der Waals surface area contributed by atoms with Gasteiger partial charge < -0.3 is 5.32 Å². The Morgan fingerprint density at radius 1 is 1.20 bits per heavy atom. The minimum atomic E-state index is 0.0681. The van der Waals surface area contributed by atoms with E-state index in [1.54, 1.807) is 23.1 Å². The van der Waals surface area contributed by atoms with Gasteiger partial charge in [-0.25, -0.2) is 0 Å². The van der Waals surface area contributed by atoms with E-state index in [0.717, 1.165) is 19.0 Å². The summed E-state index contributed by atoms with van der Waals surface area (Å²) in [7, 11) is 0. The van der Waals surface area contributed by atoms with E-state index in [2.05, 4.69) is 17.1 Å². The average Bonchev–Trinajstić information content (AvgIpc) is 3.09. The van der Waals surface area contributed by atoms with Crippen molar-refractivity contribution in [2.45, 2.75) is 41.0 Å². The Morgan fingerprint density at radius 2 is 1.92 bits per heavy atom. The minimum Gasteiger partial charge on any atom is -0.347 e. The molecule has 0 radical (unpaired) electrons. The van der Waals surface area contributed by atoms with E-state index >= 15 is 0 Å². The monoisotopic (exact) mass is 392 g/mol. The number of carbonyl (C=O) groups is 1. The van der Waals surface area contributed by atoms with Crippen LogP contribution < -0.4 is 5.32 Å². The topological polar surface area (TPSA) is 32.3 Å². The number of fused-ring (bicyclic) bond motifs is 3. The molecule has 0 spiro atoms. The van der Waals surface area contributed by atoms with E-state index in [4.69, 9.17) is 11.6 Å². The highest BCUT2D eigenvalue weighted by Crippen LogP contribution is 2.35. The zero-order chi connectivity index (χ0) is 17.4. The Labute approximate surface area is 161 Å². The summed E-state index contributed by atoms with van der Waals surface area (Å²) in [4.78, 5) is 17.1. The molecule has 4 heterocycles. The van der Waals surface area contributed by atoms with Gasteiger partial charge in [-0.3, -0.25) is 9.69 Å². The van der Waals surface area contributed by atoms with Crippen LogP contribution in [0.2, 0.25) is 5.02 Å². The Hall–Kier alpha value is -1.01. The molecule has 1 N–H and O–H groups in total. The number of nitrogens with zero attached hydrogens (tertiary/aromatic N) is 1. The molecule has 3 nitrogen and oxygen atoms in total. The quantitative estimate of drug-likeness (QED) is 0.813. The third kappa shape index (κ3) is 3.75. The van der Waals surface area contributed by atoms with Crippen molar-refractivity contribution in [1.29, 1.82) is 0 Å². The van der Waals surface area contributed by atoms with Gasteiger partial charge in [-0.2, -0.15) is 0 Å². The number of hydrogen-bond donors (Lipinski definition) is 1. The molecule has 2 bridgehead atoms. The summed E-state index contributed by atoms with van der Waals surface area (Å²) in [6.07, 6.45) is 2.41. The van der Waals surface area contributed by atoms with Gasteiger partial charge in [0, 0.05) is 22.0 Å². The molecule has 0 aliphatic carbocycles. The zero-order valence-corrected chi connectivity index (χ0v) is 16.5. The molecule has 1 aromatic carbocycles. The van der Waals surface area contributed by atoms with Crippen LogP contribution in [-0.4, -0.2) is 36.0 Å². The number of rotatable bonds is 4. The molecule has 0 unspecified atom stereocenters. The van der Waals surface area contributed by atoms with Crippen LogP contribution in [-0.2, 0) is 0 Å². The first-order chi connectivity index (χ1) is 12.1.